The van der Waals surface area contributed by atoms with E-state index >= 15 is 0 Å². The number of nitrogens with zero attached hydrogens (tertiary/aromatic N) is 1. The molecule has 0 aliphatic rings. The van der Waals surface area contributed by atoms with Crippen LogP contribution in [-0.2, 0) is 0 Å². The fourth-order valence-corrected chi connectivity index (χ4v) is 2.66. The first kappa shape index (κ1) is 16.3. The summed E-state index contributed by atoms with van der Waals surface area (Å²) in [6, 6.07) is 6.93. The van der Waals surface area contributed by atoms with E-state index in [4.69, 9.17) is 25.8 Å². The number of H-pyrrole nitrogens is 1. The van der Waals surface area contributed by atoms with Crippen LogP contribution >= 0.6 is 11.6 Å². The molecule has 3 rings (SSSR count). The molecule has 0 saturated carbocycles. The molecule has 1 heterocycles. The van der Waals surface area contributed by atoms with Crippen molar-refractivity contribution in [3.05, 3.63) is 29.3 Å². The molecule has 0 aliphatic carbocycles. The van der Waals surface area contributed by atoms with E-state index in [1.54, 1.807) is 32.4 Å². The highest BCUT2D eigenvalue weighted by Crippen LogP contribution is 2.39. The second-order valence-electron chi connectivity index (χ2n) is 5.05. The number of ether oxygens (including phenoxy) is 3. The molecule has 0 atom stereocenters. The lowest BCUT2D eigenvalue weighted by molar-refractivity contribution is 0.318. The predicted octanol–water partition coefficient (Wildman–Crippen LogP) is 4.00. The van der Waals surface area contributed by atoms with Gasteiger partial charge in [0, 0.05) is 17.7 Å². The van der Waals surface area contributed by atoms with Crippen LogP contribution in [0.2, 0.25) is 5.02 Å². The van der Waals surface area contributed by atoms with E-state index in [-0.39, 0.29) is 10.8 Å². The third kappa shape index (κ3) is 2.80. The number of aromatic nitrogens is 2. The van der Waals surface area contributed by atoms with Crippen LogP contribution in [0, 0.1) is 0 Å². The number of aromatic hydroxyl groups is 1. The van der Waals surface area contributed by atoms with Gasteiger partial charge in [0.1, 0.15) is 5.82 Å². The average Bonchev–Trinajstić information content (AvgIpc) is 3.00. The number of phenolic OH excluding ortho intramolecular Hbond substituents is 1. The summed E-state index contributed by atoms with van der Waals surface area (Å²) in [5.41, 5.74) is 2.23. The van der Waals surface area contributed by atoms with Crippen molar-refractivity contribution in [1.82, 2.24) is 9.97 Å². The standard InChI is InChI=1S/C17H17ClN2O4/c1-4-24-15-6-9(5-10(18)16(15)21)17-19-11-7-13(22-2)14(23-3)8-12(11)20-17/h5-8,21H,4H2,1-3H3,(H,19,20). The van der Waals surface area contributed by atoms with Crippen molar-refractivity contribution in [3.8, 4) is 34.4 Å². The number of methoxy groups -OCH3 is 2. The first-order valence-corrected chi connectivity index (χ1v) is 7.72. The number of imidazole rings is 1. The van der Waals surface area contributed by atoms with Crippen LogP contribution in [0.1, 0.15) is 6.92 Å². The zero-order valence-corrected chi connectivity index (χ0v) is 14.3. The van der Waals surface area contributed by atoms with Gasteiger partial charge in [-0.25, -0.2) is 4.98 Å². The molecular weight excluding hydrogens is 332 g/mol. The molecule has 0 unspecified atom stereocenters. The van der Waals surface area contributed by atoms with Crippen molar-refractivity contribution in [3.63, 3.8) is 0 Å². The summed E-state index contributed by atoms with van der Waals surface area (Å²) in [6.45, 7) is 2.25. The highest BCUT2D eigenvalue weighted by Gasteiger charge is 2.15. The largest absolute Gasteiger partial charge is 0.503 e. The first-order valence-electron chi connectivity index (χ1n) is 7.34. The average molecular weight is 349 g/mol. The van der Waals surface area contributed by atoms with Gasteiger partial charge < -0.3 is 24.3 Å². The van der Waals surface area contributed by atoms with Crippen molar-refractivity contribution >= 4 is 22.6 Å². The first-order chi connectivity index (χ1) is 11.6. The Kier molecular flexibility index (Phi) is 4.40. The minimum atomic E-state index is -0.0817. The summed E-state index contributed by atoms with van der Waals surface area (Å²) in [5, 5.41) is 10.2. The zero-order valence-electron chi connectivity index (χ0n) is 13.5. The number of hydrogen-bond acceptors (Lipinski definition) is 5. The van der Waals surface area contributed by atoms with Crippen LogP contribution in [0.15, 0.2) is 24.3 Å². The Hall–Kier alpha value is -2.60. The summed E-state index contributed by atoms with van der Waals surface area (Å²) < 4.78 is 16.0. The Morgan fingerprint density at radius 3 is 2.46 bits per heavy atom. The molecule has 3 aromatic rings. The van der Waals surface area contributed by atoms with Gasteiger partial charge >= 0.3 is 0 Å². The van der Waals surface area contributed by atoms with E-state index in [1.807, 2.05) is 13.0 Å². The van der Waals surface area contributed by atoms with E-state index in [2.05, 4.69) is 9.97 Å². The SMILES string of the molecule is CCOc1cc(-c2nc3cc(OC)c(OC)cc3[nH]2)cc(Cl)c1O. The zero-order chi connectivity index (χ0) is 17.3. The van der Waals surface area contributed by atoms with E-state index in [0.29, 0.717) is 35.2 Å². The summed E-state index contributed by atoms with van der Waals surface area (Å²) in [7, 11) is 3.15. The van der Waals surface area contributed by atoms with Crippen molar-refractivity contribution in [2.75, 3.05) is 20.8 Å². The normalized spacial score (nSPS) is 10.8. The van der Waals surface area contributed by atoms with Crippen molar-refractivity contribution in [2.45, 2.75) is 6.92 Å². The van der Waals surface area contributed by atoms with Crippen LogP contribution < -0.4 is 14.2 Å². The monoisotopic (exact) mass is 348 g/mol. The van der Waals surface area contributed by atoms with Gasteiger partial charge in [0.25, 0.3) is 0 Å². The number of benzene rings is 2. The summed E-state index contributed by atoms with van der Waals surface area (Å²) in [6.07, 6.45) is 0. The summed E-state index contributed by atoms with van der Waals surface area (Å²) >= 11 is 6.09. The Labute approximate surface area is 143 Å². The van der Waals surface area contributed by atoms with Gasteiger partial charge in [-0.15, -0.1) is 0 Å². The van der Waals surface area contributed by atoms with Crippen LogP contribution in [0.3, 0.4) is 0 Å². The van der Waals surface area contributed by atoms with Gasteiger partial charge in [0.05, 0.1) is 36.9 Å². The number of nitrogens with one attached hydrogen (secondary N) is 1. The number of aromatic amines is 1. The van der Waals surface area contributed by atoms with Gasteiger partial charge in [0.15, 0.2) is 23.0 Å². The van der Waals surface area contributed by atoms with Crippen LogP contribution in [0.4, 0.5) is 0 Å². The van der Waals surface area contributed by atoms with E-state index in [1.165, 1.54) is 0 Å². The number of phenols is 1. The highest BCUT2D eigenvalue weighted by atomic mass is 35.5. The number of hydrogen-bond donors (Lipinski definition) is 2. The fraction of sp³-hybridized carbons (Fsp3) is 0.235. The van der Waals surface area contributed by atoms with Gasteiger partial charge in [-0.3, -0.25) is 0 Å². The van der Waals surface area contributed by atoms with E-state index < -0.39 is 0 Å². The molecule has 0 bridgehead atoms. The Morgan fingerprint density at radius 2 is 1.79 bits per heavy atom. The lowest BCUT2D eigenvalue weighted by Crippen LogP contribution is -1.93. The molecule has 1 aromatic heterocycles. The maximum absolute atomic E-state index is 9.96. The molecular formula is C17H17ClN2O4. The maximum atomic E-state index is 9.96. The Morgan fingerprint density at radius 1 is 1.08 bits per heavy atom. The van der Waals surface area contributed by atoms with Gasteiger partial charge in [-0.05, 0) is 19.1 Å². The molecule has 2 N–H and O–H groups in total. The maximum Gasteiger partial charge on any atom is 0.176 e. The summed E-state index contributed by atoms with van der Waals surface area (Å²) in [4.78, 5) is 7.76. The smallest absolute Gasteiger partial charge is 0.176 e. The van der Waals surface area contributed by atoms with Crippen molar-refractivity contribution in [2.24, 2.45) is 0 Å². The number of halogens is 1. The number of rotatable bonds is 5. The minimum absolute atomic E-state index is 0.0817. The molecule has 7 heteroatoms. The topological polar surface area (TPSA) is 76.6 Å². The lowest BCUT2D eigenvalue weighted by atomic mass is 10.2. The Balaban J connectivity index is 2.12. The fourth-order valence-electron chi connectivity index (χ4n) is 2.45. The third-order valence-corrected chi connectivity index (χ3v) is 3.88. The van der Waals surface area contributed by atoms with Crippen LogP contribution in [0.25, 0.3) is 22.4 Å². The minimum Gasteiger partial charge on any atom is -0.503 e. The summed E-state index contributed by atoms with van der Waals surface area (Å²) in [5.74, 6) is 2.04. The van der Waals surface area contributed by atoms with Crippen molar-refractivity contribution in [1.29, 1.82) is 0 Å². The van der Waals surface area contributed by atoms with Crippen molar-refractivity contribution < 1.29 is 19.3 Å². The quantitative estimate of drug-likeness (QED) is 0.728. The lowest BCUT2D eigenvalue weighted by Gasteiger charge is -2.08. The number of fused-ring (bicyclic) bond motifs is 1. The molecule has 0 spiro atoms. The molecule has 0 radical (unpaired) electrons. The molecule has 24 heavy (non-hydrogen) atoms. The highest BCUT2D eigenvalue weighted by molar-refractivity contribution is 6.32. The second kappa shape index (κ2) is 6.49. The third-order valence-electron chi connectivity index (χ3n) is 3.59. The molecule has 2 aromatic carbocycles. The van der Waals surface area contributed by atoms with Crippen LogP contribution in [0.5, 0.6) is 23.0 Å². The second-order valence-corrected chi connectivity index (χ2v) is 5.45. The molecule has 126 valence electrons. The van der Waals surface area contributed by atoms with E-state index in [9.17, 15) is 5.11 Å². The molecule has 0 amide bonds. The molecule has 0 fully saturated rings. The van der Waals surface area contributed by atoms with Gasteiger partial charge in [-0.1, -0.05) is 11.6 Å². The van der Waals surface area contributed by atoms with E-state index in [0.717, 1.165) is 11.0 Å². The molecule has 0 aliphatic heterocycles. The molecule has 6 nitrogen and oxygen atoms in total. The van der Waals surface area contributed by atoms with Gasteiger partial charge in [0.2, 0.25) is 0 Å². The Bertz CT molecular complexity index is 851. The van der Waals surface area contributed by atoms with Crippen LogP contribution in [-0.4, -0.2) is 35.9 Å². The van der Waals surface area contributed by atoms with Gasteiger partial charge in [-0.2, -0.15) is 0 Å². The predicted molar refractivity (Wildman–Crippen MR) is 92.5 cm³/mol. The molecule has 0 saturated heterocycles.